The number of carbonyl (C=O) groups is 1. The van der Waals surface area contributed by atoms with Crippen LogP contribution in [-0.4, -0.2) is 32.2 Å². The zero-order valence-electron chi connectivity index (χ0n) is 15.6. The zero-order chi connectivity index (χ0) is 22.4. The van der Waals surface area contributed by atoms with E-state index in [0.717, 1.165) is 0 Å². The molecule has 160 valence electrons. The summed E-state index contributed by atoms with van der Waals surface area (Å²) in [6.45, 7) is 0. The lowest BCUT2D eigenvalue weighted by atomic mass is 10.1. The predicted molar refractivity (Wildman–Crippen MR) is 110 cm³/mol. The lowest BCUT2D eigenvalue weighted by Crippen LogP contribution is -2.19. The molecule has 3 N–H and O–H groups in total. The number of carbonyl (C=O) groups excluding carboxylic acids is 1. The molecule has 31 heavy (non-hydrogen) atoms. The number of nitrogens with one attached hydrogen (secondary N) is 2. The van der Waals surface area contributed by atoms with Gasteiger partial charge in [-0.1, -0.05) is 17.3 Å². The molecule has 0 atom stereocenters. The normalized spacial score (nSPS) is 11.2. The van der Waals surface area contributed by atoms with Crippen LogP contribution in [0.5, 0.6) is 0 Å². The molecule has 13 heteroatoms. The van der Waals surface area contributed by atoms with Gasteiger partial charge < -0.3 is 15.8 Å². The number of non-ortho nitro benzene ring substituents is 1. The molecular formula is C18H14BrFN6O5. The number of aromatic nitrogens is 2. The zero-order valence-corrected chi connectivity index (χ0v) is 17.2. The second kappa shape index (κ2) is 9.75. The van der Waals surface area contributed by atoms with Crippen LogP contribution < -0.4 is 10.6 Å². The Morgan fingerprint density at radius 2 is 2.06 bits per heavy atom. The summed E-state index contributed by atoms with van der Waals surface area (Å²) in [4.78, 5) is 22.6. The van der Waals surface area contributed by atoms with E-state index in [0.29, 0.717) is 11.3 Å². The van der Waals surface area contributed by atoms with Crippen LogP contribution in [0.15, 0.2) is 56.7 Å². The summed E-state index contributed by atoms with van der Waals surface area (Å²) >= 11 is 3.04. The van der Waals surface area contributed by atoms with E-state index >= 15 is 0 Å². The molecule has 1 aromatic heterocycles. The first-order valence-electron chi connectivity index (χ1n) is 8.67. The molecule has 3 rings (SSSR count). The maximum Gasteiger partial charge on any atom is 0.269 e. The number of nitro groups is 1. The summed E-state index contributed by atoms with van der Waals surface area (Å²) in [5.74, 6) is -1.25. The van der Waals surface area contributed by atoms with Gasteiger partial charge in [-0.2, -0.15) is 0 Å². The minimum Gasteiger partial charge on any atom is -0.409 e. The number of nitro benzene ring substituents is 1. The highest BCUT2D eigenvalue weighted by atomic mass is 79.9. The number of amidine groups is 1. The maximum atomic E-state index is 13.4. The van der Waals surface area contributed by atoms with Crippen molar-refractivity contribution < 1.29 is 23.9 Å². The minimum absolute atomic E-state index is 0.00257. The number of rotatable bonds is 7. The van der Waals surface area contributed by atoms with E-state index in [-0.39, 0.29) is 40.3 Å². The molecule has 3 aromatic rings. The Kier molecular flexibility index (Phi) is 6.87. The first-order valence-corrected chi connectivity index (χ1v) is 9.47. The smallest absolute Gasteiger partial charge is 0.269 e. The third kappa shape index (κ3) is 5.60. The van der Waals surface area contributed by atoms with Crippen molar-refractivity contribution in [2.24, 2.45) is 5.16 Å². The Bertz CT molecular complexity index is 1150. The van der Waals surface area contributed by atoms with E-state index in [2.05, 4.69) is 46.7 Å². The van der Waals surface area contributed by atoms with Crippen molar-refractivity contribution in [3.63, 3.8) is 0 Å². The fourth-order valence-corrected chi connectivity index (χ4v) is 2.92. The molecule has 1 amide bonds. The van der Waals surface area contributed by atoms with Crippen molar-refractivity contribution in [1.82, 2.24) is 10.3 Å². The molecular weight excluding hydrogens is 479 g/mol. The van der Waals surface area contributed by atoms with Crippen molar-refractivity contribution in [3.05, 3.63) is 74.1 Å². The number of nitrogens with zero attached hydrogens (tertiary/aromatic N) is 4. The van der Waals surface area contributed by atoms with Gasteiger partial charge in [-0.15, -0.1) is 0 Å². The van der Waals surface area contributed by atoms with Gasteiger partial charge in [-0.25, -0.2) is 9.02 Å². The molecule has 0 bridgehead atoms. The molecule has 1 heterocycles. The molecule has 0 fully saturated rings. The molecule has 0 aliphatic heterocycles. The van der Waals surface area contributed by atoms with E-state index in [9.17, 15) is 24.5 Å². The summed E-state index contributed by atoms with van der Waals surface area (Å²) in [7, 11) is 0. The van der Waals surface area contributed by atoms with Crippen LogP contribution in [0, 0.1) is 15.9 Å². The van der Waals surface area contributed by atoms with Crippen LogP contribution in [-0.2, 0) is 11.2 Å². The Labute approximate surface area is 182 Å². The molecule has 0 unspecified atom stereocenters. The van der Waals surface area contributed by atoms with Gasteiger partial charge in [0.05, 0.1) is 9.40 Å². The number of halogens is 2. The highest BCUT2D eigenvalue weighted by molar-refractivity contribution is 9.10. The van der Waals surface area contributed by atoms with Crippen LogP contribution in [0.4, 0.5) is 21.6 Å². The second-order valence-electron chi connectivity index (χ2n) is 6.14. The number of amides is 1. The van der Waals surface area contributed by atoms with E-state index in [4.69, 9.17) is 0 Å². The van der Waals surface area contributed by atoms with E-state index < -0.39 is 16.6 Å². The van der Waals surface area contributed by atoms with Crippen LogP contribution >= 0.6 is 15.9 Å². The molecule has 0 saturated heterocycles. The average molecular weight is 493 g/mol. The highest BCUT2D eigenvalue weighted by Gasteiger charge is 2.20. The van der Waals surface area contributed by atoms with Gasteiger partial charge in [0.2, 0.25) is 17.6 Å². The Hall–Kier alpha value is -3.87. The molecule has 11 nitrogen and oxygen atoms in total. The molecule has 0 aliphatic carbocycles. The quantitative estimate of drug-likeness (QED) is 0.148. The monoisotopic (exact) mass is 492 g/mol. The van der Waals surface area contributed by atoms with E-state index in [1.807, 2.05) is 0 Å². The number of oxime groups is 1. The first-order chi connectivity index (χ1) is 14.9. The van der Waals surface area contributed by atoms with Crippen molar-refractivity contribution in [2.45, 2.75) is 12.8 Å². The summed E-state index contributed by atoms with van der Waals surface area (Å²) < 4.78 is 18.2. The molecule has 0 aliphatic rings. The summed E-state index contributed by atoms with van der Waals surface area (Å²) in [6, 6.07) is 9.95. The average Bonchev–Trinajstić information content (AvgIpc) is 3.21. The van der Waals surface area contributed by atoms with Gasteiger partial charge >= 0.3 is 0 Å². The van der Waals surface area contributed by atoms with Crippen molar-refractivity contribution in [1.29, 1.82) is 0 Å². The number of aryl methyl sites for hydroxylation is 1. The van der Waals surface area contributed by atoms with Gasteiger partial charge in [-0.3, -0.25) is 14.9 Å². The number of hydrogen-bond donors (Lipinski definition) is 3. The number of anilines is 2. The van der Waals surface area contributed by atoms with Crippen LogP contribution in [0.25, 0.3) is 0 Å². The largest absolute Gasteiger partial charge is 0.409 e. The van der Waals surface area contributed by atoms with E-state index in [1.54, 1.807) is 6.07 Å². The van der Waals surface area contributed by atoms with Gasteiger partial charge in [-0.05, 0) is 56.4 Å². The fourth-order valence-electron chi connectivity index (χ4n) is 2.55. The maximum absolute atomic E-state index is 13.4. The van der Waals surface area contributed by atoms with Crippen LogP contribution in [0.3, 0.4) is 0 Å². The third-order valence-corrected chi connectivity index (χ3v) is 4.62. The van der Waals surface area contributed by atoms with Gasteiger partial charge in [0.25, 0.3) is 5.69 Å². The predicted octanol–water partition coefficient (Wildman–Crippen LogP) is 3.70. The standard InChI is InChI=1S/C18H14BrFN6O5/c19-13-9-11(5-6-14(13)20)21-17(23-28)16-18(25-31-24-16)22-15(27)7-4-10-2-1-3-12(8-10)26(29)30/h1-3,5-6,8-9,28H,4,7H2,(H,21,23)(H,22,25,27). The minimum atomic E-state index is -0.515. The Morgan fingerprint density at radius 3 is 2.77 bits per heavy atom. The topological polar surface area (TPSA) is 156 Å². The molecule has 2 aromatic carbocycles. The highest BCUT2D eigenvalue weighted by Crippen LogP contribution is 2.21. The van der Waals surface area contributed by atoms with Crippen molar-refractivity contribution in [2.75, 3.05) is 10.6 Å². The summed E-state index contributed by atoms with van der Waals surface area (Å²) in [5.41, 5.74) is 0.825. The summed E-state index contributed by atoms with van der Waals surface area (Å²) in [5, 5.41) is 35.6. The lowest BCUT2D eigenvalue weighted by Gasteiger charge is -2.08. The first kappa shape index (κ1) is 21.8. The van der Waals surface area contributed by atoms with Crippen LogP contribution in [0.2, 0.25) is 0 Å². The fraction of sp³-hybridized carbons (Fsp3) is 0.111. The van der Waals surface area contributed by atoms with Crippen molar-refractivity contribution >= 4 is 44.9 Å². The van der Waals surface area contributed by atoms with E-state index in [1.165, 1.54) is 36.4 Å². The van der Waals surface area contributed by atoms with Gasteiger partial charge in [0.15, 0.2) is 5.69 Å². The lowest BCUT2D eigenvalue weighted by molar-refractivity contribution is -0.384. The molecule has 0 saturated carbocycles. The summed E-state index contributed by atoms with van der Waals surface area (Å²) in [6.07, 6.45) is 0.244. The van der Waals surface area contributed by atoms with Gasteiger partial charge in [0, 0.05) is 24.2 Å². The SMILES string of the molecule is O=C(CCc1cccc([N+](=O)[O-])c1)Nc1nonc1/C(=N\O)Nc1ccc(F)c(Br)c1. The van der Waals surface area contributed by atoms with Crippen LogP contribution in [0.1, 0.15) is 17.7 Å². The van der Waals surface area contributed by atoms with Gasteiger partial charge in [0.1, 0.15) is 5.82 Å². The Morgan fingerprint density at radius 1 is 1.26 bits per heavy atom. The number of hydrogen-bond acceptors (Lipinski definition) is 8. The number of benzene rings is 2. The third-order valence-electron chi connectivity index (χ3n) is 4.02. The Balaban J connectivity index is 1.66. The van der Waals surface area contributed by atoms with Crippen molar-refractivity contribution in [3.8, 4) is 0 Å². The molecule has 0 radical (unpaired) electrons. The second-order valence-corrected chi connectivity index (χ2v) is 6.99. The molecule has 0 spiro atoms.